The smallest absolute Gasteiger partial charge is 0.307 e. The van der Waals surface area contributed by atoms with Crippen molar-refractivity contribution in [1.29, 1.82) is 0 Å². The van der Waals surface area contributed by atoms with Crippen molar-refractivity contribution in [2.24, 2.45) is 5.92 Å². The molecule has 6 nitrogen and oxygen atoms in total. The third-order valence-corrected chi connectivity index (χ3v) is 6.37. The Morgan fingerprint density at radius 2 is 2.16 bits per heavy atom. The number of benzene rings is 1. The number of aromatic nitrogens is 1. The molecule has 2 atom stereocenters. The number of aliphatic carboxylic acids is 1. The molecule has 0 aliphatic heterocycles. The van der Waals surface area contributed by atoms with Crippen molar-refractivity contribution in [2.45, 2.75) is 43.4 Å². The van der Waals surface area contributed by atoms with E-state index in [0.29, 0.717) is 30.3 Å². The van der Waals surface area contributed by atoms with Crippen LogP contribution in [0.25, 0.3) is 10.9 Å². The van der Waals surface area contributed by atoms with Crippen molar-refractivity contribution >= 4 is 26.7 Å². The van der Waals surface area contributed by atoms with Gasteiger partial charge in [0.15, 0.2) is 0 Å². The van der Waals surface area contributed by atoms with Crippen molar-refractivity contribution in [3.63, 3.8) is 0 Å². The Morgan fingerprint density at radius 3 is 2.76 bits per heavy atom. The minimum atomic E-state index is -4.04. The highest BCUT2D eigenvalue weighted by Gasteiger charge is 2.34. The normalized spacial score (nSPS) is 18.9. The lowest BCUT2D eigenvalue weighted by atomic mass is 9.78. The molecule has 1 aromatic carbocycles. The van der Waals surface area contributed by atoms with E-state index < -0.39 is 33.5 Å². The lowest BCUT2D eigenvalue weighted by Gasteiger charge is -2.27. The Balaban J connectivity index is 2.28. The van der Waals surface area contributed by atoms with Crippen molar-refractivity contribution in [2.75, 3.05) is 5.94 Å². The Bertz CT molecular complexity index is 934. The van der Waals surface area contributed by atoms with Crippen molar-refractivity contribution in [1.82, 2.24) is 4.98 Å². The molecule has 0 bridgehead atoms. The van der Waals surface area contributed by atoms with Crippen LogP contribution < -0.4 is 0 Å². The third kappa shape index (κ3) is 2.93. The lowest BCUT2D eigenvalue weighted by Crippen LogP contribution is -2.24. The summed E-state index contributed by atoms with van der Waals surface area (Å²) in [5.41, 5.74) is 1.70. The Morgan fingerprint density at radius 1 is 1.44 bits per heavy atom. The van der Waals surface area contributed by atoms with Gasteiger partial charge in [0, 0.05) is 17.0 Å². The number of aliphatic hydroxyl groups excluding tert-OH is 1. The van der Waals surface area contributed by atoms with Gasteiger partial charge in [-0.25, -0.2) is 12.8 Å². The summed E-state index contributed by atoms with van der Waals surface area (Å²) in [6, 6.07) is 2.16. The van der Waals surface area contributed by atoms with Crippen LogP contribution in [0, 0.1) is 11.7 Å². The number of aromatic amines is 1. The second-order valence-electron chi connectivity index (χ2n) is 6.44. The Labute approximate surface area is 144 Å². The van der Waals surface area contributed by atoms with Crippen LogP contribution in [0.15, 0.2) is 17.0 Å². The lowest BCUT2D eigenvalue weighted by molar-refractivity contribution is -0.142. The zero-order valence-corrected chi connectivity index (χ0v) is 14.6. The molecule has 0 spiro atoms. The van der Waals surface area contributed by atoms with Gasteiger partial charge in [0.05, 0.1) is 16.3 Å². The fourth-order valence-corrected chi connectivity index (χ4v) is 4.78. The highest BCUT2D eigenvalue weighted by molar-refractivity contribution is 7.91. The average molecular weight is 369 g/mol. The number of H-pyrrole nitrogens is 1. The van der Waals surface area contributed by atoms with Gasteiger partial charge < -0.3 is 15.2 Å². The van der Waals surface area contributed by atoms with Gasteiger partial charge >= 0.3 is 5.97 Å². The van der Waals surface area contributed by atoms with E-state index in [-0.39, 0.29) is 16.3 Å². The molecule has 2 unspecified atom stereocenters. The molecule has 3 N–H and O–H groups in total. The fourth-order valence-electron chi connectivity index (χ4n) is 3.88. The number of rotatable bonds is 5. The summed E-state index contributed by atoms with van der Waals surface area (Å²) >= 11 is 0. The van der Waals surface area contributed by atoms with E-state index in [1.54, 1.807) is 6.92 Å². The van der Waals surface area contributed by atoms with E-state index in [1.165, 1.54) is 6.07 Å². The maximum absolute atomic E-state index is 14.0. The monoisotopic (exact) mass is 369 g/mol. The number of halogens is 1. The number of nitrogens with one attached hydrogen (secondary N) is 1. The van der Waals surface area contributed by atoms with Crippen LogP contribution in [0.3, 0.4) is 0 Å². The first kappa shape index (κ1) is 17.9. The second-order valence-corrected chi connectivity index (χ2v) is 8.37. The Kier molecular flexibility index (Phi) is 4.59. The number of carbonyl (C=O) groups is 1. The summed E-state index contributed by atoms with van der Waals surface area (Å²) in [6.45, 7) is 1.80. The molecule has 1 aliphatic carbocycles. The SMILES string of the molecule is CCC(C(=O)O)C1CCCc2c1[nH]c1c(S(=O)(=O)CO)cc(F)cc21. The van der Waals surface area contributed by atoms with Crippen molar-refractivity contribution < 1.29 is 27.8 Å². The van der Waals surface area contributed by atoms with E-state index in [1.807, 2.05) is 0 Å². The molecule has 136 valence electrons. The summed E-state index contributed by atoms with van der Waals surface area (Å²) in [5.74, 6) is -3.57. The summed E-state index contributed by atoms with van der Waals surface area (Å²) in [6.07, 6.45) is 2.51. The highest BCUT2D eigenvalue weighted by Crippen LogP contribution is 2.42. The number of hydrogen-bond acceptors (Lipinski definition) is 4. The van der Waals surface area contributed by atoms with E-state index >= 15 is 0 Å². The van der Waals surface area contributed by atoms with Gasteiger partial charge in [-0.15, -0.1) is 0 Å². The number of aliphatic hydroxyl groups is 1. The molecule has 2 aromatic rings. The van der Waals surface area contributed by atoms with Gasteiger partial charge in [-0.1, -0.05) is 6.92 Å². The third-order valence-electron chi connectivity index (χ3n) is 5.04. The molecule has 1 aromatic heterocycles. The predicted molar refractivity (Wildman–Crippen MR) is 89.6 cm³/mol. The summed E-state index contributed by atoms with van der Waals surface area (Å²) in [5, 5.41) is 19.1. The molecule has 0 fully saturated rings. The highest BCUT2D eigenvalue weighted by atomic mass is 32.2. The second kappa shape index (κ2) is 6.42. The van der Waals surface area contributed by atoms with E-state index in [4.69, 9.17) is 5.11 Å². The van der Waals surface area contributed by atoms with Crippen molar-refractivity contribution in [3.05, 3.63) is 29.2 Å². The molecule has 0 saturated carbocycles. The zero-order chi connectivity index (χ0) is 18.4. The number of sulfone groups is 1. The van der Waals surface area contributed by atoms with Crippen LogP contribution in [-0.4, -0.2) is 35.5 Å². The predicted octanol–water partition coefficient (Wildman–Crippen LogP) is 2.56. The van der Waals surface area contributed by atoms with Gasteiger partial charge in [-0.05, 0) is 43.4 Å². The van der Waals surface area contributed by atoms with Crippen LogP contribution >= 0.6 is 0 Å². The van der Waals surface area contributed by atoms with Crippen LogP contribution in [0.4, 0.5) is 4.39 Å². The first-order valence-corrected chi connectivity index (χ1v) is 9.85. The molecule has 3 rings (SSSR count). The van der Waals surface area contributed by atoms with E-state index in [2.05, 4.69) is 4.98 Å². The minimum absolute atomic E-state index is 0.243. The maximum atomic E-state index is 14.0. The molecule has 1 aliphatic rings. The quantitative estimate of drug-likeness (QED) is 0.751. The molecule has 0 saturated heterocycles. The summed E-state index contributed by atoms with van der Waals surface area (Å²) in [4.78, 5) is 14.3. The van der Waals surface area contributed by atoms with Crippen LogP contribution in [0.1, 0.15) is 43.4 Å². The number of fused-ring (bicyclic) bond motifs is 3. The molecular weight excluding hydrogens is 349 g/mol. The van der Waals surface area contributed by atoms with Crippen LogP contribution in [0.5, 0.6) is 0 Å². The summed E-state index contributed by atoms with van der Waals surface area (Å²) < 4.78 is 38.3. The number of hydrogen-bond donors (Lipinski definition) is 3. The molecule has 0 radical (unpaired) electrons. The van der Waals surface area contributed by atoms with Gasteiger partial charge in [0.1, 0.15) is 11.8 Å². The fraction of sp³-hybridized carbons (Fsp3) is 0.471. The van der Waals surface area contributed by atoms with Gasteiger partial charge in [0.2, 0.25) is 9.84 Å². The molecular formula is C17H20FNO5S. The number of carboxylic acid groups (broad SMARTS) is 1. The molecule has 0 amide bonds. The topological polar surface area (TPSA) is 107 Å². The number of carboxylic acids is 1. The van der Waals surface area contributed by atoms with Gasteiger partial charge in [0.25, 0.3) is 0 Å². The first-order valence-electron chi connectivity index (χ1n) is 8.20. The molecule has 8 heteroatoms. The van der Waals surface area contributed by atoms with Gasteiger partial charge in [-0.3, -0.25) is 4.79 Å². The van der Waals surface area contributed by atoms with Crippen LogP contribution in [-0.2, 0) is 21.1 Å². The largest absolute Gasteiger partial charge is 0.481 e. The minimum Gasteiger partial charge on any atom is -0.481 e. The average Bonchev–Trinajstić information content (AvgIpc) is 2.93. The van der Waals surface area contributed by atoms with Crippen LogP contribution in [0.2, 0.25) is 0 Å². The van der Waals surface area contributed by atoms with E-state index in [9.17, 15) is 22.7 Å². The summed E-state index contributed by atoms with van der Waals surface area (Å²) in [7, 11) is -4.04. The maximum Gasteiger partial charge on any atom is 0.307 e. The molecule has 25 heavy (non-hydrogen) atoms. The number of aryl methyl sites for hydroxylation is 1. The standard InChI is InChI=1S/C17H20FNO5S/c1-2-10(17(21)22)11-4-3-5-12-13-6-9(18)7-14(25(23,24)8-20)16(13)19-15(11)12/h6-7,10-11,19-20H,2-5,8H2,1H3,(H,21,22). The van der Waals surface area contributed by atoms with E-state index in [0.717, 1.165) is 18.1 Å². The zero-order valence-electron chi connectivity index (χ0n) is 13.8. The van der Waals surface area contributed by atoms with Gasteiger partial charge in [-0.2, -0.15) is 0 Å². The Hall–Kier alpha value is -1.93. The first-order chi connectivity index (χ1) is 11.8. The molecule has 1 heterocycles. The van der Waals surface area contributed by atoms with Crippen molar-refractivity contribution in [3.8, 4) is 0 Å².